The first-order valence-electron chi connectivity index (χ1n) is 8.86. The minimum atomic E-state index is -0.679. The molecule has 4 heteroatoms. The molecule has 0 aliphatic heterocycles. The molecule has 0 bridgehead atoms. The van der Waals surface area contributed by atoms with Crippen molar-refractivity contribution >= 4 is 5.97 Å². The lowest BCUT2D eigenvalue weighted by atomic mass is 10.0. The van der Waals surface area contributed by atoms with Gasteiger partial charge in [-0.1, -0.05) is 45.4 Å². The highest BCUT2D eigenvalue weighted by atomic mass is 16.4. The number of nitrogens with two attached hydrogens (primary N) is 1. The molecule has 4 N–H and O–H groups in total. The number of aliphatic carboxylic acids is 1. The zero-order valence-electron chi connectivity index (χ0n) is 13.9. The van der Waals surface area contributed by atoms with Gasteiger partial charge in [0.1, 0.15) is 0 Å². The van der Waals surface area contributed by atoms with Crippen LogP contribution in [-0.4, -0.2) is 30.2 Å². The molecule has 0 aromatic carbocycles. The Balaban J connectivity index is 3.57. The standard InChI is InChI=1S/C17H36N2O2/c1-2-3-4-7-11-16(12-10-14-18)19-15-9-6-5-8-13-17(20)21/h16,19H,2-15,18H2,1H3,(H,20,21). The first kappa shape index (κ1) is 20.4. The van der Waals surface area contributed by atoms with Gasteiger partial charge in [0.25, 0.3) is 0 Å². The summed E-state index contributed by atoms with van der Waals surface area (Å²) < 4.78 is 0. The van der Waals surface area contributed by atoms with Gasteiger partial charge >= 0.3 is 5.97 Å². The Morgan fingerprint density at radius 2 is 1.67 bits per heavy atom. The van der Waals surface area contributed by atoms with Crippen molar-refractivity contribution in [3.8, 4) is 0 Å². The lowest BCUT2D eigenvalue weighted by Gasteiger charge is -2.18. The summed E-state index contributed by atoms with van der Waals surface area (Å²) in [5.41, 5.74) is 5.61. The molecule has 0 rings (SSSR count). The smallest absolute Gasteiger partial charge is 0.303 e. The number of hydrogen-bond acceptors (Lipinski definition) is 3. The summed E-state index contributed by atoms with van der Waals surface area (Å²) in [7, 11) is 0. The van der Waals surface area contributed by atoms with Gasteiger partial charge in [-0.25, -0.2) is 0 Å². The second-order valence-electron chi connectivity index (χ2n) is 5.99. The van der Waals surface area contributed by atoms with Crippen molar-refractivity contribution in [1.82, 2.24) is 5.32 Å². The van der Waals surface area contributed by atoms with Crippen LogP contribution in [0, 0.1) is 0 Å². The normalized spacial score (nSPS) is 12.5. The summed E-state index contributed by atoms with van der Waals surface area (Å²) in [4.78, 5) is 10.4. The van der Waals surface area contributed by atoms with Crippen molar-refractivity contribution in [3.05, 3.63) is 0 Å². The van der Waals surface area contributed by atoms with Gasteiger partial charge in [-0.05, 0) is 45.2 Å². The van der Waals surface area contributed by atoms with E-state index in [0.29, 0.717) is 12.5 Å². The second-order valence-corrected chi connectivity index (χ2v) is 5.99. The van der Waals surface area contributed by atoms with Gasteiger partial charge in [-0.2, -0.15) is 0 Å². The van der Waals surface area contributed by atoms with Crippen LogP contribution in [0.1, 0.15) is 84.0 Å². The van der Waals surface area contributed by atoms with E-state index >= 15 is 0 Å². The van der Waals surface area contributed by atoms with E-state index in [2.05, 4.69) is 12.2 Å². The van der Waals surface area contributed by atoms with Gasteiger partial charge in [0, 0.05) is 12.5 Å². The van der Waals surface area contributed by atoms with E-state index in [-0.39, 0.29) is 0 Å². The van der Waals surface area contributed by atoms with Crippen molar-refractivity contribution in [1.29, 1.82) is 0 Å². The fraction of sp³-hybridized carbons (Fsp3) is 0.941. The molecule has 0 saturated carbocycles. The number of carboxylic acids is 1. The zero-order valence-corrected chi connectivity index (χ0v) is 13.9. The Morgan fingerprint density at radius 3 is 2.33 bits per heavy atom. The summed E-state index contributed by atoms with van der Waals surface area (Å²) >= 11 is 0. The molecule has 0 aromatic rings. The van der Waals surface area contributed by atoms with Crippen LogP contribution in [0.3, 0.4) is 0 Å². The first-order chi connectivity index (χ1) is 10.2. The Kier molecular flexibility index (Phi) is 15.3. The van der Waals surface area contributed by atoms with Crippen LogP contribution in [-0.2, 0) is 4.79 Å². The highest BCUT2D eigenvalue weighted by molar-refractivity contribution is 5.66. The van der Waals surface area contributed by atoms with E-state index in [1.54, 1.807) is 0 Å². The summed E-state index contributed by atoms with van der Waals surface area (Å²) in [6.45, 7) is 4.08. The average molecular weight is 300 g/mol. The molecule has 126 valence electrons. The first-order valence-corrected chi connectivity index (χ1v) is 8.86. The number of rotatable bonds is 16. The molecule has 0 fully saturated rings. The predicted octanol–water partition coefficient (Wildman–Crippen LogP) is 3.69. The van der Waals surface area contributed by atoms with Gasteiger partial charge < -0.3 is 16.2 Å². The Bertz CT molecular complexity index is 235. The van der Waals surface area contributed by atoms with Crippen molar-refractivity contribution in [2.75, 3.05) is 13.1 Å². The maximum atomic E-state index is 10.4. The summed E-state index contributed by atoms with van der Waals surface area (Å²) in [6.07, 6.45) is 13.2. The quantitative estimate of drug-likeness (QED) is 0.380. The summed E-state index contributed by atoms with van der Waals surface area (Å²) in [5.74, 6) is -0.679. The van der Waals surface area contributed by atoms with E-state index in [9.17, 15) is 4.79 Å². The third kappa shape index (κ3) is 15.6. The molecule has 0 heterocycles. The third-order valence-electron chi connectivity index (χ3n) is 3.91. The van der Waals surface area contributed by atoms with E-state index in [0.717, 1.165) is 45.2 Å². The zero-order chi connectivity index (χ0) is 15.8. The fourth-order valence-electron chi connectivity index (χ4n) is 2.59. The maximum absolute atomic E-state index is 10.4. The summed E-state index contributed by atoms with van der Waals surface area (Å²) in [5, 5.41) is 12.2. The SMILES string of the molecule is CCCCCCC(CCCN)NCCCCCCC(=O)O. The number of hydrogen-bond donors (Lipinski definition) is 3. The molecular formula is C17H36N2O2. The van der Waals surface area contributed by atoms with Crippen LogP contribution < -0.4 is 11.1 Å². The highest BCUT2D eigenvalue weighted by Gasteiger charge is 2.07. The molecule has 21 heavy (non-hydrogen) atoms. The lowest BCUT2D eigenvalue weighted by Crippen LogP contribution is -2.30. The van der Waals surface area contributed by atoms with Gasteiger partial charge in [0.05, 0.1) is 0 Å². The Hall–Kier alpha value is -0.610. The lowest BCUT2D eigenvalue weighted by molar-refractivity contribution is -0.137. The highest BCUT2D eigenvalue weighted by Crippen LogP contribution is 2.10. The predicted molar refractivity (Wildman–Crippen MR) is 89.6 cm³/mol. The number of unbranched alkanes of at least 4 members (excludes halogenated alkanes) is 6. The van der Waals surface area contributed by atoms with Crippen LogP contribution in [0.5, 0.6) is 0 Å². The van der Waals surface area contributed by atoms with Gasteiger partial charge in [0.2, 0.25) is 0 Å². The van der Waals surface area contributed by atoms with E-state index in [1.807, 2.05) is 0 Å². The third-order valence-corrected chi connectivity index (χ3v) is 3.91. The molecule has 0 saturated heterocycles. The molecule has 0 amide bonds. The average Bonchev–Trinajstić information content (AvgIpc) is 2.46. The van der Waals surface area contributed by atoms with Gasteiger partial charge in [0.15, 0.2) is 0 Å². The second kappa shape index (κ2) is 15.8. The van der Waals surface area contributed by atoms with Crippen LogP contribution >= 0.6 is 0 Å². The van der Waals surface area contributed by atoms with Crippen LogP contribution in [0.4, 0.5) is 0 Å². The Labute approximate surface area is 130 Å². The van der Waals surface area contributed by atoms with Crippen LogP contribution in [0.15, 0.2) is 0 Å². The molecule has 0 radical (unpaired) electrons. The Morgan fingerprint density at radius 1 is 1.00 bits per heavy atom. The van der Waals surface area contributed by atoms with Crippen molar-refractivity contribution in [3.63, 3.8) is 0 Å². The summed E-state index contributed by atoms with van der Waals surface area (Å²) in [6, 6.07) is 0.615. The van der Waals surface area contributed by atoms with Crippen LogP contribution in [0.25, 0.3) is 0 Å². The molecule has 0 spiro atoms. The largest absolute Gasteiger partial charge is 0.481 e. The molecule has 1 unspecified atom stereocenters. The van der Waals surface area contributed by atoms with E-state index in [4.69, 9.17) is 10.8 Å². The minimum absolute atomic E-state index is 0.310. The molecule has 0 aliphatic rings. The van der Waals surface area contributed by atoms with Gasteiger partial charge in [-0.15, -0.1) is 0 Å². The molecule has 4 nitrogen and oxygen atoms in total. The number of carboxylic acid groups (broad SMARTS) is 1. The monoisotopic (exact) mass is 300 g/mol. The molecule has 0 aliphatic carbocycles. The van der Waals surface area contributed by atoms with Crippen molar-refractivity contribution in [2.24, 2.45) is 5.73 Å². The topological polar surface area (TPSA) is 75.3 Å². The van der Waals surface area contributed by atoms with Crippen LogP contribution in [0.2, 0.25) is 0 Å². The molecule has 1 atom stereocenters. The van der Waals surface area contributed by atoms with Crippen molar-refractivity contribution in [2.45, 2.75) is 90.0 Å². The van der Waals surface area contributed by atoms with E-state index in [1.165, 1.54) is 38.5 Å². The minimum Gasteiger partial charge on any atom is -0.481 e. The van der Waals surface area contributed by atoms with E-state index < -0.39 is 5.97 Å². The molecule has 0 aromatic heterocycles. The fourth-order valence-corrected chi connectivity index (χ4v) is 2.59. The maximum Gasteiger partial charge on any atom is 0.303 e. The number of carbonyl (C=O) groups is 1. The van der Waals surface area contributed by atoms with Gasteiger partial charge in [-0.3, -0.25) is 4.79 Å². The van der Waals surface area contributed by atoms with Crippen molar-refractivity contribution < 1.29 is 9.90 Å². The molecular weight excluding hydrogens is 264 g/mol. The number of nitrogens with one attached hydrogen (secondary N) is 1.